The molecule has 0 spiro atoms. The summed E-state index contributed by atoms with van der Waals surface area (Å²) in [6.07, 6.45) is 2.03. The molecule has 2 aromatic heterocycles. The van der Waals surface area contributed by atoms with Crippen molar-refractivity contribution in [1.29, 1.82) is 0 Å². The molecule has 3 heterocycles. The second-order valence-corrected chi connectivity index (χ2v) is 10.9. The molecule has 1 fully saturated rings. The summed E-state index contributed by atoms with van der Waals surface area (Å²) in [6.45, 7) is 12.5. The van der Waals surface area contributed by atoms with Crippen molar-refractivity contribution < 1.29 is 24.2 Å². The number of aromatic nitrogens is 2. The third-order valence-electron chi connectivity index (χ3n) is 5.41. The number of fused-ring (bicyclic) bond motifs is 1. The Morgan fingerprint density at radius 2 is 2.00 bits per heavy atom. The van der Waals surface area contributed by atoms with Crippen molar-refractivity contribution in [3.63, 3.8) is 0 Å². The molecule has 0 bridgehead atoms. The van der Waals surface area contributed by atoms with E-state index in [1.807, 2.05) is 37.1 Å². The van der Waals surface area contributed by atoms with Crippen LogP contribution in [0.4, 0.5) is 9.93 Å². The number of amides is 1. The molecule has 1 unspecified atom stereocenters. The van der Waals surface area contributed by atoms with Crippen LogP contribution in [0.3, 0.4) is 0 Å². The molecule has 11 heteroatoms. The summed E-state index contributed by atoms with van der Waals surface area (Å²) in [5.74, 6) is 0.709. The minimum Gasteiger partial charge on any atom is -0.497 e. The normalized spacial score (nSPS) is 14.7. The van der Waals surface area contributed by atoms with Gasteiger partial charge in [0.05, 0.1) is 24.0 Å². The van der Waals surface area contributed by atoms with Crippen molar-refractivity contribution in [3.8, 4) is 17.1 Å². The van der Waals surface area contributed by atoms with E-state index in [0.717, 1.165) is 35.7 Å². The van der Waals surface area contributed by atoms with Crippen LogP contribution >= 0.6 is 11.3 Å². The van der Waals surface area contributed by atoms with Crippen LogP contribution in [0.25, 0.3) is 22.3 Å². The number of aromatic amines is 1. The Hall–Kier alpha value is -3.60. The molecule has 1 saturated heterocycles. The number of likely N-dealkylation sites (tertiary alicyclic amines) is 1. The standard InChI is InChI=1S/C16H17N3O2S.C10H19NO2.CH2O2/c1-9(2)17-16-19-14(8-22-16)13-7-15(20)11-5-4-10(21-3)6-12(11)18-13;1-8-6-5-7-11(8)9(12)13-10(2,3)4;2-1-3/h4-9H,1-3H3,(H,17,19)(H,18,20);8H,5-7H2,1-4H3;1H,(H,2,3). The minimum absolute atomic E-state index is 0.0298. The molecule has 1 aliphatic rings. The van der Waals surface area contributed by atoms with E-state index in [0.29, 0.717) is 28.9 Å². The zero-order chi connectivity index (χ0) is 28.5. The van der Waals surface area contributed by atoms with Gasteiger partial charge in [0.15, 0.2) is 10.6 Å². The lowest BCUT2D eigenvalue weighted by atomic mass is 10.1. The van der Waals surface area contributed by atoms with E-state index in [1.165, 1.54) is 11.3 Å². The van der Waals surface area contributed by atoms with Crippen molar-refractivity contribution >= 4 is 39.9 Å². The number of benzene rings is 1. The highest BCUT2D eigenvalue weighted by atomic mass is 32.1. The van der Waals surface area contributed by atoms with Crippen molar-refractivity contribution in [1.82, 2.24) is 14.9 Å². The fourth-order valence-electron chi connectivity index (χ4n) is 3.73. The van der Waals surface area contributed by atoms with E-state index in [1.54, 1.807) is 25.3 Å². The summed E-state index contributed by atoms with van der Waals surface area (Å²) < 4.78 is 10.5. The van der Waals surface area contributed by atoms with Crippen LogP contribution < -0.4 is 15.5 Å². The summed E-state index contributed by atoms with van der Waals surface area (Å²) >= 11 is 1.52. The Morgan fingerprint density at radius 1 is 1.32 bits per heavy atom. The molecule has 0 radical (unpaired) electrons. The van der Waals surface area contributed by atoms with E-state index in [2.05, 4.69) is 36.1 Å². The number of H-pyrrole nitrogens is 1. The van der Waals surface area contributed by atoms with Gasteiger partial charge in [-0.3, -0.25) is 9.59 Å². The van der Waals surface area contributed by atoms with E-state index >= 15 is 0 Å². The summed E-state index contributed by atoms with van der Waals surface area (Å²) in [7, 11) is 1.60. The minimum atomic E-state index is -0.376. The van der Waals surface area contributed by atoms with Crippen molar-refractivity contribution in [3.05, 3.63) is 39.9 Å². The Balaban J connectivity index is 0.000000270. The van der Waals surface area contributed by atoms with Gasteiger partial charge >= 0.3 is 6.09 Å². The third kappa shape index (κ3) is 9.05. The number of nitrogens with zero attached hydrogens (tertiary/aromatic N) is 2. The zero-order valence-corrected chi connectivity index (χ0v) is 23.8. The lowest BCUT2D eigenvalue weighted by Crippen LogP contribution is -2.38. The Morgan fingerprint density at radius 3 is 2.55 bits per heavy atom. The van der Waals surface area contributed by atoms with Gasteiger partial charge in [0.1, 0.15) is 11.4 Å². The molecule has 1 aliphatic heterocycles. The molecule has 3 N–H and O–H groups in total. The highest BCUT2D eigenvalue weighted by molar-refractivity contribution is 7.14. The van der Waals surface area contributed by atoms with E-state index in [4.69, 9.17) is 19.4 Å². The van der Waals surface area contributed by atoms with Gasteiger partial charge in [0, 0.05) is 41.5 Å². The number of nitrogens with one attached hydrogen (secondary N) is 2. The predicted octanol–water partition coefficient (Wildman–Crippen LogP) is 5.59. The fraction of sp³-hybridized carbons (Fsp3) is 0.481. The number of carbonyl (C=O) groups is 2. The van der Waals surface area contributed by atoms with Gasteiger partial charge < -0.3 is 29.8 Å². The number of thiazole rings is 1. The molecular weight excluding hydrogens is 508 g/mol. The van der Waals surface area contributed by atoms with Crippen molar-refractivity contribution in [2.24, 2.45) is 0 Å². The number of methoxy groups -OCH3 is 1. The molecule has 38 heavy (non-hydrogen) atoms. The number of carboxylic acid groups (broad SMARTS) is 1. The average Bonchev–Trinajstić information content (AvgIpc) is 3.47. The molecule has 0 aliphatic carbocycles. The van der Waals surface area contributed by atoms with Gasteiger partial charge in [-0.25, -0.2) is 9.78 Å². The lowest BCUT2D eigenvalue weighted by molar-refractivity contribution is -0.122. The van der Waals surface area contributed by atoms with Gasteiger partial charge in [-0.05, 0) is 66.5 Å². The third-order valence-corrected chi connectivity index (χ3v) is 6.18. The van der Waals surface area contributed by atoms with Gasteiger partial charge in [-0.1, -0.05) is 0 Å². The summed E-state index contributed by atoms with van der Waals surface area (Å²) in [5, 5.41) is 13.6. The van der Waals surface area contributed by atoms with Gasteiger partial charge in [-0.2, -0.15) is 0 Å². The van der Waals surface area contributed by atoms with Crippen LogP contribution in [0, 0.1) is 0 Å². The van der Waals surface area contributed by atoms with Crippen LogP contribution in [-0.4, -0.2) is 63.9 Å². The Bertz CT molecular complexity index is 1260. The van der Waals surface area contributed by atoms with Crippen LogP contribution in [0.2, 0.25) is 0 Å². The first-order valence-corrected chi connectivity index (χ1v) is 13.3. The van der Waals surface area contributed by atoms with E-state index in [9.17, 15) is 9.59 Å². The second kappa shape index (κ2) is 13.8. The van der Waals surface area contributed by atoms with E-state index in [-0.39, 0.29) is 23.6 Å². The van der Waals surface area contributed by atoms with Crippen LogP contribution in [0.1, 0.15) is 54.4 Å². The Labute approximate surface area is 227 Å². The highest BCUT2D eigenvalue weighted by Gasteiger charge is 2.29. The average molecular weight is 547 g/mol. The molecule has 3 aromatic rings. The number of ether oxygens (including phenoxy) is 2. The smallest absolute Gasteiger partial charge is 0.410 e. The molecule has 1 atom stereocenters. The van der Waals surface area contributed by atoms with Crippen LogP contribution in [-0.2, 0) is 9.53 Å². The summed E-state index contributed by atoms with van der Waals surface area (Å²) in [5.41, 5.74) is 1.80. The van der Waals surface area contributed by atoms with Gasteiger partial charge in [0.2, 0.25) is 0 Å². The first-order chi connectivity index (χ1) is 17.9. The molecule has 0 saturated carbocycles. The maximum atomic E-state index is 12.3. The van der Waals surface area contributed by atoms with Crippen LogP contribution in [0.5, 0.6) is 5.75 Å². The SMILES string of the molecule is CC1CCCN1C(=O)OC(C)(C)C.COc1ccc2c(=O)cc(-c3csc(NC(C)C)n3)[nH]c2c1.O=CO. The molecule has 10 nitrogen and oxygen atoms in total. The number of rotatable bonds is 4. The monoisotopic (exact) mass is 546 g/mol. The lowest BCUT2D eigenvalue weighted by Gasteiger charge is -2.26. The zero-order valence-electron chi connectivity index (χ0n) is 23.0. The predicted molar refractivity (Wildman–Crippen MR) is 151 cm³/mol. The van der Waals surface area contributed by atoms with Gasteiger partial charge in [-0.15, -0.1) is 11.3 Å². The summed E-state index contributed by atoms with van der Waals surface area (Å²) in [6, 6.07) is 7.62. The van der Waals surface area contributed by atoms with Gasteiger partial charge in [0.25, 0.3) is 6.47 Å². The Kier molecular flexibility index (Phi) is 11.1. The quantitative estimate of drug-likeness (QED) is 0.361. The topological polar surface area (TPSA) is 134 Å². The number of hydrogen-bond donors (Lipinski definition) is 3. The number of pyridine rings is 1. The molecule has 4 rings (SSSR count). The van der Waals surface area contributed by atoms with E-state index < -0.39 is 0 Å². The maximum absolute atomic E-state index is 12.3. The fourth-order valence-corrected chi connectivity index (χ4v) is 4.59. The largest absolute Gasteiger partial charge is 0.497 e. The van der Waals surface area contributed by atoms with Crippen molar-refractivity contribution in [2.45, 2.75) is 72.1 Å². The highest BCUT2D eigenvalue weighted by Crippen LogP contribution is 2.25. The molecular formula is C27H38N4O6S. The molecule has 1 amide bonds. The van der Waals surface area contributed by atoms with Crippen molar-refractivity contribution in [2.75, 3.05) is 19.0 Å². The number of carbonyl (C=O) groups excluding carboxylic acids is 1. The molecule has 208 valence electrons. The maximum Gasteiger partial charge on any atom is 0.410 e. The second-order valence-electron chi connectivity index (χ2n) is 10.1. The molecule has 1 aromatic carbocycles. The first kappa shape index (κ1) is 30.6. The number of hydrogen-bond acceptors (Lipinski definition) is 8. The number of anilines is 1. The first-order valence-electron chi connectivity index (χ1n) is 12.4. The van der Waals surface area contributed by atoms with Crippen LogP contribution in [0.15, 0.2) is 34.4 Å². The summed E-state index contributed by atoms with van der Waals surface area (Å²) in [4.78, 5) is 41.8.